The number of nitrogens with one attached hydrogen (secondary N) is 1. The number of hydrogen-bond acceptors (Lipinski definition) is 6. The van der Waals surface area contributed by atoms with Crippen LogP contribution in [0.25, 0.3) is 0 Å². The highest BCUT2D eigenvalue weighted by atomic mass is 16.5. The van der Waals surface area contributed by atoms with Gasteiger partial charge in [0.05, 0.1) is 13.2 Å². The Morgan fingerprint density at radius 2 is 1.96 bits per heavy atom. The molecule has 0 radical (unpaired) electrons. The minimum absolute atomic E-state index is 0.164. The molecule has 0 atom stereocenters. The maximum absolute atomic E-state index is 12.5. The normalized spacial score (nSPS) is 14.7. The van der Waals surface area contributed by atoms with Gasteiger partial charge in [0.15, 0.2) is 0 Å². The average Bonchev–Trinajstić information content (AvgIpc) is 2.69. The third-order valence-corrected chi connectivity index (χ3v) is 4.50. The van der Waals surface area contributed by atoms with Crippen LogP contribution in [0.3, 0.4) is 0 Å². The zero-order valence-corrected chi connectivity index (χ0v) is 16.0. The smallest absolute Gasteiger partial charge is 0.270 e. The number of rotatable bonds is 7. The second-order valence-corrected chi connectivity index (χ2v) is 6.75. The Bertz CT molecular complexity index is 747. The number of aryl methyl sites for hydroxylation is 1. The lowest BCUT2D eigenvalue weighted by molar-refractivity contribution is 0.0383. The number of nitrogens with zero attached hydrogens (tertiary/aromatic N) is 4. The summed E-state index contributed by atoms with van der Waals surface area (Å²) in [4.78, 5) is 25.7. The van der Waals surface area contributed by atoms with Crippen molar-refractivity contribution in [1.29, 1.82) is 0 Å². The molecule has 7 nitrogen and oxygen atoms in total. The molecule has 1 amide bonds. The van der Waals surface area contributed by atoms with E-state index in [1.54, 1.807) is 6.07 Å². The summed E-state index contributed by atoms with van der Waals surface area (Å²) < 4.78 is 5.34. The van der Waals surface area contributed by atoms with Crippen LogP contribution in [0.15, 0.2) is 36.4 Å². The largest absolute Gasteiger partial charge is 0.379 e. The second-order valence-electron chi connectivity index (χ2n) is 6.75. The quantitative estimate of drug-likeness (QED) is 0.797. The van der Waals surface area contributed by atoms with Crippen molar-refractivity contribution in [1.82, 2.24) is 20.2 Å². The van der Waals surface area contributed by atoms with Crippen molar-refractivity contribution in [2.45, 2.75) is 13.5 Å². The summed E-state index contributed by atoms with van der Waals surface area (Å²) in [5, 5.41) is 2.96. The van der Waals surface area contributed by atoms with Gasteiger partial charge in [-0.2, -0.15) is 0 Å². The molecule has 0 saturated carbocycles. The number of aromatic nitrogens is 2. The molecule has 1 aliphatic rings. The summed E-state index contributed by atoms with van der Waals surface area (Å²) in [6, 6.07) is 11.9. The lowest BCUT2D eigenvalue weighted by atomic mass is 10.2. The van der Waals surface area contributed by atoms with E-state index in [-0.39, 0.29) is 5.91 Å². The number of ether oxygens (including phenoxy) is 1. The van der Waals surface area contributed by atoms with Gasteiger partial charge in [-0.25, -0.2) is 9.97 Å². The fourth-order valence-electron chi connectivity index (χ4n) is 3.01. The number of hydrogen-bond donors (Lipinski definition) is 1. The molecule has 2 aromatic rings. The Labute approximate surface area is 160 Å². The minimum Gasteiger partial charge on any atom is -0.379 e. The fraction of sp³-hybridized carbons (Fsp3) is 0.450. The van der Waals surface area contributed by atoms with E-state index in [9.17, 15) is 4.79 Å². The first-order valence-corrected chi connectivity index (χ1v) is 9.31. The van der Waals surface area contributed by atoms with Crippen LogP contribution >= 0.6 is 0 Å². The molecule has 7 heteroatoms. The van der Waals surface area contributed by atoms with E-state index in [4.69, 9.17) is 4.74 Å². The molecular formula is C20H27N5O2. The van der Waals surface area contributed by atoms with Gasteiger partial charge < -0.3 is 15.0 Å². The first-order chi connectivity index (χ1) is 13.1. The molecule has 1 aromatic heterocycles. The first kappa shape index (κ1) is 19.3. The van der Waals surface area contributed by atoms with Crippen molar-refractivity contribution in [3.05, 3.63) is 53.3 Å². The molecule has 1 N–H and O–H groups in total. The third-order valence-electron chi connectivity index (χ3n) is 4.50. The SMILES string of the molecule is Cc1cc(C(=O)NCCN2CCOCC2)nc(N(C)Cc2ccccc2)n1. The topological polar surface area (TPSA) is 70.6 Å². The molecule has 3 rings (SSSR count). The van der Waals surface area contributed by atoms with Gasteiger partial charge in [-0.1, -0.05) is 30.3 Å². The van der Waals surface area contributed by atoms with Gasteiger partial charge in [0.25, 0.3) is 5.91 Å². The molecule has 1 fully saturated rings. The predicted molar refractivity (Wildman–Crippen MR) is 105 cm³/mol. The molecular weight excluding hydrogens is 342 g/mol. The van der Waals surface area contributed by atoms with Crippen molar-refractivity contribution in [3.8, 4) is 0 Å². The first-order valence-electron chi connectivity index (χ1n) is 9.31. The van der Waals surface area contributed by atoms with Crippen LogP contribution < -0.4 is 10.2 Å². The molecule has 0 aliphatic carbocycles. The Morgan fingerprint density at radius 3 is 2.70 bits per heavy atom. The molecule has 2 heterocycles. The van der Waals surface area contributed by atoms with Gasteiger partial charge in [-0.05, 0) is 18.6 Å². The molecule has 0 unspecified atom stereocenters. The standard InChI is InChI=1S/C20H27N5O2/c1-16-14-18(19(26)21-8-9-25-10-12-27-13-11-25)23-20(22-16)24(2)15-17-6-4-3-5-7-17/h3-7,14H,8-13,15H2,1-2H3,(H,21,26). The fourth-order valence-corrected chi connectivity index (χ4v) is 3.01. The summed E-state index contributed by atoms with van der Waals surface area (Å²) in [6.45, 7) is 7.32. The molecule has 1 saturated heterocycles. The number of anilines is 1. The van der Waals surface area contributed by atoms with Gasteiger partial charge in [0, 0.05) is 45.5 Å². The summed E-state index contributed by atoms with van der Waals surface area (Å²) in [5.74, 6) is 0.389. The Morgan fingerprint density at radius 1 is 1.22 bits per heavy atom. The highest BCUT2D eigenvalue weighted by Crippen LogP contribution is 2.12. The summed E-state index contributed by atoms with van der Waals surface area (Å²) in [7, 11) is 1.93. The monoisotopic (exact) mass is 369 g/mol. The van der Waals surface area contributed by atoms with Crippen molar-refractivity contribution >= 4 is 11.9 Å². The van der Waals surface area contributed by atoms with Gasteiger partial charge >= 0.3 is 0 Å². The van der Waals surface area contributed by atoms with E-state index >= 15 is 0 Å². The molecule has 27 heavy (non-hydrogen) atoms. The highest BCUT2D eigenvalue weighted by molar-refractivity contribution is 5.92. The van der Waals surface area contributed by atoms with E-state index in [1.807, 2.05) is 37.1 Å². The van der Waals surface area contributed by atoms with E-state index in [2.05, 4.69) is 32.3 Å². The molecule has 1 aliphatic heterocycles. The Hall–Kier alpha value is -2.51. The van der Waals surface area contributed by atoms with Crippen LogP contribution in [-0.2, 0) is 11.3 Å². The van der Waals surface area contributed by atoms with Gasteiger partial charge in [-0.15, -0.1) is 0 Å². The van der Waals surface area contributed by atoms with Gasteiger partial charge in [0.2, 0.25) is 5.95 Å². The zero-order chi connectivity index (χ0) is 19.1. The van der Waals surface area contributed by atoms with E-state index in [0.717, 1.165) is 38.5 Å². The molecule has 1 aromatic carbocycles. The average molecular weight is 369 g/mol. The van der Waals surface area contributed by atoms with Crippen LogP contribution in [0.2, 0.25) is 0 Å². The third kappa shape index (κ3) is 5.74. The molecule has 0 spiro atoms. The van der Waals surface area contributed by atoms with Crippen LogP contribution in [0.4, 0.5) is 5.95 Å². The summed E-state index contributed by atoms with van der Waals surface area (Å²) in [6.07, 6.45) is 0. The zero-order valence-electron chi connectivity index (χ0n) is 16.0. The van der Waals surface area contributed by atoms with Crippen LogP contribution in [0.5, 0.6) is 0 Å². The molecule has 144 valence electrons. The van der Waals surface area contributed by atoms with E-state index in [1.165, 1.54) is 5.56 Å². The van der Waals surface area contributed by atoms with E-state index in [0.29, 0.717) is 24.7 Å². The van der Waals surface area contributed by atoms with Crippen molar-refractivity contribution in [2.24, 2.45) is 0 Å². The van der Waals surface area contributed by atoms with Crippen LogP contribution in [0.1, 0.15) is 21.7 Å². The van der Waals surface area contributed by atoms with Crippen LogP contribution in [0, 0.1) is 6.92 Å². The number of carbonyl (C=O) groups excluding carboxylic acids is 1. The summed E-state index contributed by atoms with van der Waals surface area (Å²) >= 11 is 0. The lowest BCUT2D eigenvalue weighted by Crippen LogP contribution is -2.41. The number of carbonyl (C=O) groups is 1. The number of benzene rings is 1. The van der Waals surface area contributed by atoms with E-state index < -0.39 is 0 Å². The van der Waals surface area contributed by atoms with Gasteiger partial charge in [-0.3, -0.25) is 9.69 Å². The lowest BCUT2D eigenvalue weighted by Gasteiger charge is -2.26. The van der Waals surface area contributed by atoms with Crippen LogP contribution in [-0.4, -0.2) is 67.2 Å². The number of morpholine rings is 1. The maximum atomic E-state index is 12.5. The van der Waals surface area contributed by atoms with Crippen molar-refractivity contribution in [2.75, 3.05) is 51.3 Å². The maximum Gasteiger partial charge on any atom is 0.270 e. The Kier molecular flexibility index (Phi) is 6.73. The van der Waals surface area contributed by atoms with Crippen molar-refractivity contribution < 1.29 is 9.53 Å². The number of amides is 1. The minimum atomic E-state index is -0.164. The van der Waals surface area contributed by atoms with Crippen molar-refractivity contribution in [3.63, 3.8) is 0 Å². The second kappa shape index (κ2) is 9.43. The molecule has 0 bridgehead atoms. The summed E-state index contributed by atoms with van der Waals surface area (Å²) in [5.41, 5.74) is 2.35. The van der Waals surface area contributed by atoms with Gasteiger partial charge in [0.1, 0.15) is 5.69 Å². The Balaban J connectivity index is 1.59. The highest BCUT2D eigenvalue weighted by Gasteiger charge is 2.14. The predicted octanol–water partition coefficient (Wildman–Crippen LogP) is 1.48.